The summed E-state index contributed by atoms with van der Waals surface area (Å²) in [4.78, 5) is 0. The van der Waals surface area contributed by atoms with Crippen LogP contribution in [-0.4, -0.2) is 4.57 Å². The Morgan fingerprint density at radius 1 is 0.931 bits per heavy atom. The highest BCUT2D eigenvalue weighted by Crippen LogP contribution is 2.41. The summed E-state index contributed by atoms with van der Waals surface area (Å²) < 4.78 is 10.8. The SMILES string of the molecule is Cc1ccc2c(oc3c(-c4ccccc4)c(C#N)ccc32)c1-c1n(C)cc[n+]1C. The van der Waals surface area contributed by atoms with Crippen LogP contribution in [0.25, 0.3) is 44.5 Å². The van der Waals surface area contributed by atoms with Crippen molar-refractivity contribution < 1.29 is 8.98 Å². The van der Waals surface area contributed by atoms with E-state index in [1.165, 1.54) is 0 Å². The van der Waals surface area contributed by atoms with Crippen LogP contribution in [0.15, 0.2) is 71.4 Å². The molecule has 3 aromatic carbocycles. The Hall–Kier alpha value is -3.84. The predicted molar refractivity (Wildman–Crippen MR) is 114 cm³/mol. The molecule has 0 radical (unpaired) electrons. The van der Waals surface area contributed by atoms with Gasteiger partial charge in [0.1, 0.15) is 23.5 Å². The molecule has 4 heteroatoms. The average molecular weight is 378 g/mol. The zero-order valence-corrected chi connectivity index (χ0v) is 16.6. The zero-order valence-electron chi connectivity index (χ0n) is 16.6. The van der Waals surface area contributed by atoms with Gasteiger partial charge in [0.05, 0.1) is 25.7 Å². The molecular weight excluding hydrogens is 358 g/mol. The molecule has 0 atom stereocenters. The van der Waals surface area contributed by atoms with E-state index in [2.05, 4.69) is 34.3 Å². The lowest BCUT2D eigenvalue weighted by Gasteiger charge is -2.05. The molecule has 0 amide bonds. The predicted octanol–water partition coefficient (Wildman–Crippen LogP) is 5.26. The molecule has 29 heavy (non-hydrogen) atoms. The lowest BCUT2D eigenvalue weighted by molar-refractivity contribution is -0.659. The van der Waals surface area contributed by atoms with Crippen molar-refractivity contribution in [3.63, 3.8) is 0 Å². The van der Waals surface area contributed by atoms with E-state index in [4.69, 9.17) is 4.42 Å². The van der Waals surface area contributed by atoms with Crippen LogP contribution in [0.4, 0.5) is 0 Å². The number of nitrogens with zero attached hydrogens (tertiary/aromatic N) is 3. The Labute approximate surface area is 168 Å². The van der Waals surface area contributed by atoms with Gasteiger partial charge in [0, 0.05) is 16.3 Å². The molecule has 2 aromatic heterocycles. The molecule has 140 valence electrons. The molecule has 0 N–H and O–H groups in total. The summed E-state index contributed by atoms with van der Waals surface area (Å²) >= 11 is 0. The minimum absolute atomic E-state index is 0.616. The first-order chi connectivity index (χ1) is 14.1. The highest BCUT2D eigenvalue weighted by atomic mass is 16.3. The van der Waals surface area contributed by atoms with Gasteiger partial charge < -0.3 is 4.42 Å². The number of hydrogen-bond donors (Lipinski definition) is 0. The highest BCUT2D eigenvalue weighted by Gasteiger charge is 2.25. The molecule has 0 saturated carbocycles. The standard InChI is InChI=1S/C25H20N3O/c1-16-9-11-19-20-12-10-18(15-26)22(17-7-5-4-6-8-17)24(20)29-23(19)21(16)25-27(2)13-14-28(25)3/h4-14H,1-3H3/q+1. The number of aromatic nitrogens is 2. The van der Waals surface area contributed by atoms with Gasteiger partial charge in [-0.1, -0.05) is 42.5 Å². The molecule has 0 aliphatic carbocycles. The molecule has 0 spiro atoms. The minimum atomic E-state index is 0.616. The van der Waals surface area contributed by atoms with Crippen LogP contribution >= 0.6 is 0 Å². The van der Waals surface area contributed by atoms with Crippen molar-refractivity contribution in [1.82, 2.24) is 4.57 Å². The molecule has 0 fully saturated rings. The highest BCUT2D eigenvalue weighted by molar-refractivity contribution is 6.13. The maximum absolute atomic E-state index is 9.74. The molecule has 5 rings (SSSR count). The van der Waals surface area contributed by atoms with E-state index >= 15 is 0 Å². The van der Waals surface area contributed by atoms with E-state index in [1.807, 2.05) is 69.0 Å². The minimum Gasteiger partial charge on any atom is -0.454 e. The quantitative estimate of drug-likeness (QED) is 0.393. The third-order valence-corrected chi connectivity index (χ3v) is 5.61. The van der Waals surface area contributed by atoms with Gasteiger partial charge in [-0.05, 0) is 30.2 Å². The Morgan fingerprint density at radius 3 is 2.28 bits per heavy atom. The summed E-state index contributed by atoms with van der Waals surface area (Å²) in [5, 5.41) is 11.8. The van der Waals surface area contributed by atoms with Gasteiger partial charge in [-0.2, -0.15) is 5.26 Å². The van der Waals surface area contributed by atoms with E-state index in [-0.39, 0.29) is 0 Å². The van der Waals surface area contributed by atoms with Crippen LogP contribution in [0.1, 0.15) is 11.1 Å². The molecule has 5 aromatic rings. The lowest BCUT2D eigenvalue weighted by atomic mass is 9.96. The molecule has 0 saturated heterocycles. The van der Waals surface area contributed by atoms with Gasteiger partial charge in [0.25, 0.3) is 5.82 Å². The lowest BCUT2D eigenvalue weighted by Crippen LogP contribution is -2.29. The Kier molecular flexibility index (Phi) is 3.78. The van der Waals surface area contributed by atoms with Crippen molar-refractivity contribution in [1.29, 1.82) is 5.26 Å². The van der Waals surface area contributed by atoms with Crippen molar-refractivity contribution in [3.8, 4) is 28.6 Å². The zero-order chi connectivity index (χ0) is 20.1. The smallest absolute Gasteiger partial charge is 0.292 e. The summed E-state index contributed by atoms with van der Waals surface area (Å²) in [7, 11) is 4.08. The number of nitriles is 1. The fourth-order valence-corrected chi connectivity index (χ4v) is 4.21. The van der Waals surface area contributed by atoms with Crippen LogP contribution in [-0.2, 0) is 14.1 Å². The van der Waals surface area contributed by atoms with Gasteiger partial charge >= 0.3 is 0 Å². The first-order valence-electron chi connectivity index (χ1n) is 9.56. The van der Waals surface area contributed by atoms with Crippen LogP contribution in [0.2, 0.25) is 0 Å². The summed E-state index contributed by atoms with van der Waals surface area (Å²) in [5.41, 5.74) is 6.28. The monoisotopic (exact) mass is 378 g/mol. The first-order valence-corrected chi connectivity index (χ1v) is 9.56. The summed E-state index contributed by atoms with van der Waals surface area (Å²) in [6.45, 7) is 2.10. The number of rotatable bonds is 2. The topological polar surface area (TPSA) is 45.7 Å². The summed E-state index contributed by atoms with van der Waals surface area (Å²) in [6.07, 6.45) is 4.08. The van der Waals surface area contributed by atoms with Crippen LogP contribution < -0.4 is 4.57 Å². The van der Waals surface area contributed by atoms with Gasteiger partial charge in [0.2, 0.25) is 0 Å². The molecule has 0 unspecified atom stereocenters. The number of benzene rings is 3. The van der Waals surface area contributed by atoms with E-state index < -0.39 is 0 Å². The Bertz CT molecular complexity index is 1410. The molecule has 2 heterocycles. The number of imidazole rings is 1. The van der Waals surface area contributed by atoms with Gasteiger partial charge in [-0.15, -0.1) is 0 Å². The summed E-state index contributed by atoms with van der Waals surface area (Å²) in [6, 6.07) is 20.5. The van der Waals surface area contributed by atoms with Crippen LogP contribution in [0.3, 0.4) is 0 Å². The summed E-state index contributed by atoms with van der Waals surface area (Å²) in [5.74, 6) is 1.08. The molecule has 0 aliphatic rings. The van der Waals surface area contributed by atoms with E-state index in [0.29, 0.717) is 5.56 Å². The normalized spacial score (nSPS) is 11.2. The largest absolute Gasteiger partial charge is 0.454 e. The van der Waals surface area contributed by atoms with Crippen LogP contribution in [0.5, 0.6) is 0 Å². The third-order valence-electron chi connectivity index (χ3n) is 5.61. The number of aryl methyl sites for hydroxylation is 3. The fraction of sp³-hybridized carbons (Fsp3) is 0.120. The second kappa shape index (κ2) is 6.35. The third kappa shape index (κ3) is 2.48. The van der Waals surface area contributed by atoms with Gasteiger partial charge in [-0.3, -0.25) is 0 Å². The van der Waals surface area contributed by atoms with Crippen molar-refractivity contribution in [2.75, 3.05) is 0 Å². The van der Waals surface area contributed by atoms with E-state index in [0.717, 1.165) is 50.0 Å². The van der Waals surface area contributed by atoms with E-state index in [1.54, 1.807) is 0 Å². The Balaban J connectivity index is 1.95. The molecule has 4 nitrogen and oxygen atoms in total. The van der Waals surface area contributed by atoms with Crippen LogP contribution in [0, 0.1) is 18.3 Å². The second-order valence-corrected chi connectivity index (χ2v) is 7.42. The first kappa shape index (κ1) is 17.3. The van der Waals surface area contributed by atoms with Gasteiger partial charge in [0.15, 0.2) is 5.58 Å². The molecule has 0 aliphatic heterocycles. The molecule has 0 bridgehead atoms. The van der Waals surface area contributed by atoms with Crippen molar-refractivity contribution in [2.45, 2.75) is 6.92 Å². The second-order valence-electron chi connectivity index (χ2n) is 7.42. The van der Waals surface area contributed by atoms with Crippen molar-refractivity contribution >= 4 is 21.9 Å². The Morgan fingerprint density at radius 2 is 1.62 bits per heavy atom. The van der Waals surface area contributed by atoms with Gasteiger partial charge in [-0.25, -0.2) is 9.13 Å². The van der Waals surface area contributed by atoms with Crippen molar-refractivity contribution in [3.05, 3.63) is 78.1 Å². The number of hydrogen-bond acceptors (Lipinski definition) is 2. The maximum atomic E-state index is 9.74. The number of furan rings is 1. The van der Waals surface area contributed by atoms with E-state index in [9.17, 15) is 5.26 Å². The number of fused-ring (bicyclic) bond motifs is 3. The molecular formula is C25H20N3O+. The fourth-order valence-electron chi connectivity index (χ4n) is 4.21. The maximum Gasteiger partial charge on any atom is 0.292 e. The van der Waals surface area contributed by atoms with Crippen molar-refractivity contribution in [2.24, 2.45) is 14.1 Å². The average Bonchev–Trinajstić information content (AvgIpc) is 3.27.